The van der Waals surface area contributed by atoms with Crippen molar-refractivity contribution < 1.29 is 19.1 Å². The van der Waals surface area contributed by atoms with Gasteiger partial charge in [0.25, 0.3) is 5.91 Å². The lowest BCUT2D eigenvalue weighted by molar-refractivity contribution is -0.0168. The fraction of sp³-hybridized carbons (Fsp3) is 0.458. The number of ketones is 1. The minimum Gasteiger partial charge on any atom is -0.475 e. The maximum Gasteiger partial charge on any atom is 0.255 e. The summed E-state index contributed by atoms with van der Waals surface area (Å²) >= 11 is 0. The monoisotopic (exact) mass is 425 g/mol. The lowest BCUT2D eigenvalue weighted by Gasteiger charge is -2.36. The van der Waals surface area contributed by atoms with Gasteiger partial charge in [0, 0.05) is 49.7 Å². The van der Waals surface area contributed by atoms with E-state index in [1.807, 2.05) is 49.9 Å². The zero-order valence-electron chi connectivity index (χ0n) is 18.8. The number of hydrogen-bond donors (Lipinski definition) is 0. The fourth-order valence-electron chi connectivity index (χ4n) is 3.34. The van der Waals surface area contributed by atoms with Gasteiger partial charge in [0.1, 0.15) is 6.61 Å². The van der Waals surface area contributed by atoms with E-state index in [0.717, 1.165) is 18.8 Å². The molecule has 7 nitrogen and oxygen atoms in total. The fourth-order valence-corrected chi connectivity index (χ4v) is 3.34. The number of pyridine rings is 1. The summed E-state index contributed by atoms with van der Waals surface area (Å²) in [4.78, 5) is 32.6. The predicted molar refractivity (Wildman–Crippen MR) is 120 cm³/mol. The molecular weight excluding hydrogens is 394 g/mol. The van der Waals surface area contributed by atoms with Gasteiger partial charge in [-0.1, -0.05) is 0 Å². The maximum atomic E-state index is 12.8. The molecule has 0 radical (unpaired) electrons. The molecule has 0 atom stereocenters. The largest absolute Gasteiger partial charge is 0.475 e. The molecular formula is C24H31N3O4. The quantitative estimate of drug-likeness (QED) is 0.500. The Bertz CT molecular complexity index is 881. The van der Waals surface area contributed by atoms with Gasteiger partial charge in [0.15, 0.2) is 5.78 Å². The van der Waals surface area contributed by atoms with Crippen LogP contribution in [0.25, 0.3) is 0 Å². The van der Waals surface area contributed by atoms with Crippen molar-refractivity contribution in [3.8, 4) is 5.88 Å². The van der Waals surface area contributed by atoms with Crippen LogP contribution in [0.15, 0.2) is 42.6 Å². The van der Waals surface area contributed by atoms with Crippen molar-refractivity contribution in [1.82, 2.24) is 9.88 Å². The highest BCUT2D eigenvalue weighted by atomic mass is 16.5. The molecule has 1 aliphatic rings. The number of benzene rings is 1. The molecule has 0 bridgehead atoms. The summed E-state index contributed by atoms with van der Waals surface area (Å²) in [5, 5.41) is 0. The summed E-state index contributed by atoms with van der Waals surface area (Å²) in [6.45, 7) is 11.2. The van der Waals surface area contributed by atoms with E-state index in [1.54, 1.807) is 25.3 Å². The van der Waals surface area contributed by atoms with E-state index in [4.69, 9.17) is 9.47 Å². The van der Waals surface area contributed by atoms with Crippen molar-refractivity contribution in [1.29, 1.82) is 0 Å². The van der Waals surface area contributed by atoms with E-state index >= 15 is 0 Å². The summed E-state index contributed by atoms with van der Waals surface area (Å²) in [5.74, 6) is 0.514. The first-order valence-corrected chi connectivity index (χ1v) is 10.6. The van der Waals surface area contributed by atoms with E-state index in [9.17, 15) is 9.59 Å². The van der Waals surface area contributed by atoms with Crippen molar-refractivity contribution in [3.63, 3.8) is 0 Å². The van der Waals surface area contributed by atoms with Crippen molar-refractivity contribution >= 4 is 17.4 Å². The lowest BCUT2D eigenvalue weighted by Crippen LogP contribution is -2.48. The van der Waals surface area contributed by atoms with Crippen LogP contribution < -0.4 is 9.64 Å². The van der Waals surface area contributed by atoms with Gasteiger partial charge < -0.3 is 19.3 Å². The first kappa shape index (κ1) is 22.7. The average molecular weight is 426 g/mol. The topological polar surface area (TPSA) is 72.0 Å². The molecule has 0 spiro atoms. The number of carbonyl (C=O) groups excluding carboxylic acids is 2. The van der Waals surface area contributed by atoms with Gasteiger partial charge in [0.2, 0.25) is 5.88 Å². The number of carbonyl (C=O) groups is 2. The average Bonchev–Trinajstić information content (AvgIpc) is 2.76. The Kier molecular flexibility index (Phi) is 7.28. The summed E-state index contributed by atoms with van der Waals surface area (Å²) in [5.41, 5.74) is 2.13. The number of piperazine rings is 1. The summed E-state index contributed by atoms with van der Waals surface area (Å²) < 4.78 is 11.2. The Morgan fingerprint density at radius 1 is 0.935 bits per heavy atom. The highest BCUT2D eigenvalue weighted by molar-refractivity contribution is 5.95. The molecule has 1 aromatic heterocycles. The van der Waals surface area contributed by atoms with Crippen molar-refractivity contribution in [2.24, 2.45) is 0 Å². The van der Waals surface area contributed by atoms with Crippen LogP contribution in [-0.2, 0) is 4.74 Å². The standard InChI is InChI=1S/C24H31N3O4/c1-18(28)19-5-8-21(9-6-19)26-11-13-27(14-12-26)23(29)20-7-10-22(25-17-20)30-15-16-31-24(2,3)4/h5-10,17H,11-16H2,1-4H3. The third kappa shape index (κ3) is 6.52. The first-order valence-electron chi connectivity index (χ1n) is 10.6. The number of hydrogen-bond acceptors (Lipinski definition) is 6. The third-order valence-electron chi connectivity index (χ3n) is 5.06. The van der Waals surface area contributed by atoms with Crippen LogP contribution in [0.1, 0.15) is 48.4 Å². The molecule has 31 heavy (non-hydrogen) atoms. The second-order valence-corrected chi connectivity index (χ2v) is 8.58. The predicted octanol–water partition coefficient (Wildman–Crippen LogP) is 3.44. The number of nitrogens with zero attached hydrogens (tertiary/aromatic N) is 3. The van der Waals surface area contributed by atoms with Gasteiger partial charge in [-0.3, -0.25) is 9.59 Å². The van der Waals surface area contributed by atoms with Crippen LogP contribution in [0.3, 0.4) is 0 Å². The van der Waals surface area contributed by atoms with E-state index in [-0.39, 0.29) is 17.3 Å². The first-order chi connectivity index (χ1) is 14.7. The Morgan fingerprint density at radius 2 is 1.58 bits per heavy atom. The second kappa shape index (κ2) is 9.92. The molecule has 166 valence electrons. The SMILES string of the molecule is CC(=O)c1ccc(N2CCN(C(=O)c3ccc(OCCOC(C)(C)C)nc3)CC2)cc1. The number of aromatic nitrogens is 1. The van der Waals surface area contributed by atoms with Gasteiger partial charge in [-0.2, -0.15) is 0 Å². The van der Waals surface area contributed by atoms with Crippen LogP contribution in [0.2, 0.25) is 0 Å². The minimum atomic E-state index is -0.199. The van der Waals surface area contributed by atoms with Gasteiger partial charge >= 0.3 is 0 Å². The minimum absolute atomic E-state index is 0.0262. The Morgan fingerprint density at radius 3 is 2.13 bits per heavy atom. The number of anilines is 1. The molecule has 1 aliphatic heterocycles. The normalized spacial score (nSPS) is 14.5. The lowest BCUT2D eigenvalue weighted by atomic mass is 10.1. The zero-order valence-corrected chi connectivity index (χ0v) is 18.8. The molecule has 1 aromatic carbocycles. The summed E-state index contributed by atoms with van der Waals surface area (Å²) in [6.07, 6.45) is 1.56. The molecule has 2 aromatic rings. The Labute approximate surface area is 184 Å². The molecule has 1 fully saturated rings. The molecule has 0 unspecified atom stereocenters. The number of amides is 1. The van der Waals surface area contributed by atoms with Gasteiger partial charge in [-0.15, -0.1) is 0 Å². The van der Waals surface area contributed by atoms with E-state index in [1.165, 1.54) is 0 Å². The smallest absolute Gasteiger partial charge is 0.255 e. The molecule has 3 rings (SSSR count). The van der Waals surface area contributed by atoms with Crippen LogP contribution in [0.4, 0.5) is 5.69 Å². The third-order valence-corrected chi connectivity index (χ3v) is 5.06. The van der Waals surface area contributed by atoms with Crippen LogP contribution in [0, 0.1) is 0 Å². The molecule has 1 amide bonds. The number of rotatable bonds is 7. The molecule has 7 heteroatoms. The van der Waals surface area contributed by atoms with E-state index in [2.05, 4.69) is 9.88 Å². The maximum absolute atomic E-state index is 12.8. The van der Waals surface area contributed by atoms with Crippen LogP contribution in [-0.4, -0.2) is 66.6 Å². The highest BCUT2D eigenvalue weighted by Gasteiger charge is 2.22. The molecule has 2 heterocycles. The Balaban J connectivity index is 1.48. The van der Waals surface area contributed by atoms with Crippen LogP contribution >= 0.6 is 0 Å². The molecule has 1 saturated heterocycles. The summed E-state index contributed by atoms with van der Waals surface area (Å²) in [7, 11) is 0. The van der Waals surface area contributed by atoms with Crippen LogP contribution in [0.5, 0.6) is 5.88 Å². The van der Waals surface area contributed by atoms with E-state index in [0.29, 0.717) is 43.3 Å². The van der Waals surface area contributed by atoms with Gasteiger partial charge in [-0.05, 0) is 58.0 Å². The van der Waals surface area contributed by atoms with Crippen molar-refractivity contribution in [2.75, 3.05) is 44.3 Å². The molecule has 0 N–H and O–H groups in total. The van der Waals surface area contributed by atoms with Gasteiger partial charge in [0.05, 0.1) is 17.8 Å². The van der Waals surface area contributed by atoms with Gasteiger partial charge in [-0.25, -0.2) is 4.98 Å². The molecule has 0 saturated carbocycles. The second-order valence-electron chi connectivity index (χ2n) is 8.58. The highest BCUT2D eigenvalue weighted by Crippen LogP contribution is 2.19. The number of ether oxygens (including phenoxy) is 2. The molecule has 0 aliphatic carbocycles. The summed E-state index contributed by atoms with van der Waals surface area (Å²) in [6, 6.07) is 11.1. The van der Waals surface area contributed by atoms with Crippen molar-refractivity contribution in [3.05, 3.63) is 53.7 Å². The zero-order chi connectivity index (χ0) is 22.4. The van der Waals surface area contributed by atoms with Crippen molar-refractivity contribution in [2.45, 2.75) is 33.3 Å². The number of Topliss-reactive ketones (excluding diaryl/α,β-unsaturated/α-hetero) is 1. The Hall–Kier alpha value is -2.93. The van der Waals surface area contributed by atoms with E-state index < -0.39 is 0 Å².